The van der Waals surface area contributed by atoms with Gasteiger partial charge in [-0.1, -0.05) is 29.8 Å². The van der Waals surface area contributed by atoms with Gasteiger partial charge in [-0.3, -0.25) is 9.78 Å². The lowest BCUT2D eigenvalue weighted by Gasteiger charge is -2.13. The molecule has 0 saturated heterocycles. The van der Waals surface area contributed by atoms with Crippen LogP contribution in [0.1, 0.15) is 30.8 Å². The van der Waals surface area contributed by atoms with Crippen molar-refractivity contribution in [2.45, 2.75) is 25.8 Å². The van der Waals surface area contributed by atoms with Crippen LogP contribution in [0.15, 0.2) is 59.4 Å². The largest absolute Gasteiger partial charge is 0.441 e. The van der Waals surface area contributed by atoms with E-state index in [1.807, 2.05) is 37.3 Å². The topological polar surface area (TPSA) is 68.0 Å². The minimum absolute atomic E-state index is 0.0613. The molecular weight excluding hydrogens is 338 g/mol. The van der Waals surface area contributed by atoms with Crippen molar-refractivity contribution in [3.05, 3.63) is 71.5 Å². The summed E-state index contributed by atoms with van der Waals surface area (Å²) in [6.07, 6.45) is 5.81. The van der Waals surface area contributed by atoms with E-state index < -0.39 is 0 Å². The summed E-state index contributed by atoms with van der Waals surface area (Å²) in [6.45, 7) is 1.93. The van der Waals surface area contributed by atoms with Crippen LogP contribution in [-0.4, -0.2) is 15.9 Å². The van der Waals surface area contributed by atoms with Gasteiger partial charge >= 0.3 is 0 Å². The standard InChI is InChI=1S/C19H18ClN3O2/c1-13(14-5-4-10-21-11-14)23-18(24)8-9-19-22-12-17(25-19)15-6-2-3-7-16(15)20/h2-7,10-13H,8-9H2,1H3,(H,23,24)/t13-/m0/s1. The number of amides is 1. The molecule has 25 heavy (non-hydrogen) atoms. The Morgan fingerprint density at radius 2 is 2.08 bits per heavy atom. The van der Waals surface area contributed by atoms with Crippen molar-refractivity contribution in [2.24, 2.45) is 0 Å². The molecule has 3 aromatic rings. The summed E-state index contributed by atoms with van der Waals surface area (Å²) < 4.78 is 5.70. The Labute approximate surface area is 151 Å². The second-order valence-corrected chi connectivity index (χ2v) is 6.08. The van der Waals surface area contributed by atoms with E-state index >= 15 is 0 Å². The number of nitrogens with zero attached hydrogens (tertiary/aromatic N) is 2. The Bertz CT molecular complexity index is 849. The molecule has 1 atom stereocenters. The molecule has 0 aliphatic heterocycles. The van der Waals surface area contributed by atoms with Crippen molar-refractivity contribution < 1.29 is 9.21 Å². The number of rotatable bonds is 6. The number of aryl methyl sites for hydroxylation is 1. The summed E-state index contributed by atoms with van der Waals surface area (Å²) in [5, 5.41) is 3.55. The summed E-state index contributed by atoms with van der Waals surface area (Å²) in [4.78, 5) is 20.4. The second kappa shape index (κ2) is 7.94. The van der Waals surface area contributed by atoms with Gasteiger partial charge in [0.15, 0.2) is 11.7 Å². The normalized spacial score (nSPS) is 11.9. The minimum Gasteiger partial charge on any atom is -0.441 e. The molecule has 2 aromatic heterocycles. The quantitative estimate of drug-likeness (QED) is 0.719. The molecule has 1 aromatic carbocycles. The van der Waals surface area contributed by atoms with Gasteiger partial charge in [0.2, 0.25) is 5.91 Å². The summed E-state index contributed by atoms with van der Waals surface area (Å²) in [5.74, 6) is 1.05. The van der Waals surface area contributed by atoms with Gasteiger partial charge in [0, 0.05) is 30.8 Å². The summed E-state index contributed by atoms with van der Waals surface area (Å²) in [5.41, 5.74) is 1.76. The molecule has 0 bridgehead atoms. The van der Waals surface area contributed by atoms with E-state index in [-0.39, 0.29) is 11.9 Å². The highest BCUT2D eigenvalue weighted by Crippen LogP contribution is 2.28. The second-order valence-electron chi connectivity index (χ2n) is 5.67. The van der Waals surface area contributed by atoms with Gasteiger partial charge in [-0.2, -0.15) is 0 Å². The van der Waals surface area contributed by atoms with Gasteiger partial charge in [-0.25, -0.2) is 4.98 Å². The highest BCUT2D eigenvalue weighted by Gasteiger charge is 2.13. The maximum absolute atomic E-state index is 12.1. The van der Waals surface area contributed by atoms with Gasteiger partial charge in [0.1, 0.15) is 0 Å². The van der Waals surface area contributed by atoms with Crippen LogP contribution in [0.25, 0.3) is 11.3 Å². The molecule has 0 fully saturated rings. The van der Waals surface area contributed by atoms with Crippen LogP contribution >= 0.6 is 11.6 Å². The zero-order valence-corrected chi connectivity index (χ0v) is 14.5. The van der Waals surface area contributed by atoms with Gasteiger partial charge in [-0.05, 0) is 30.7 Å². The molecule has 1 amide bonds. The summed E-state index contributed by atoms with van der Waals surface area (Å²) in [7, 11) is 0. The molecule has 0 aliphatic carbocycles. The third kappa shape index (κ3) is 4.45. The maximum Gasteiger partial charge on any atom is 0.220 e. The number of carbonyl (C=O) groups is 1. The predicted molar refractivity (Wildman–Crippen MR) is 96.1 cm³/mol. The molecule has 6 heteroatoms. The lowest BCUT2D eigenvalue weighted by molar-refractivity contribution is -0.121. The number of hydrogen-bond donors (Lipinski definition) is 1. The zero-order valence-electron chi connectivity index (χ0n) is 13.8. The Morgan fingerprint density at radius 3 is 2.84 bits per heavy atom. The van der Waals surface area contributed by atoms with Crippen molar-refractivity contribution in [1.82, 2.24) is 15.3 Å². The van der Waals surface area contributed by atoms with Crippen LogP contribution in [0.4, 0.5) is 0 Å². The van der Waals surface area contributed by atoms with Gasteiger partial charge < -0.3 is 9.73 Å². The molecule has 2 heterocycles. The van der Waals surface area contributed by atoms with Crippen LogP contribution in [0, 0.1) is 0 Å². The first-order chi connectivity index (χ1) is 12.1. The molecule has 1 N–H and O–H groups in total. The van der Waals surface area contributed by atoms with Crippen molar-refractivity contribution >= 4 is 17.5 Å². The molecule has 0 aliphatic rings. The van der Waals surface area contributed by atoms with Crippen LogP contribution in [0.3, 0.4) is 0 Å². The first kappa shape index (κ1) is 17.2. The molecule has 0 spiro atoms. The third-order valence-electron chi connectivity index (χ3n) is 3.82. The fourth-order valence-electron chi connectivity index (χ4n) is 2.46. The molecule has 5 nitrogen and oxygen atoms in total. The highest BCUT2D eigenvalue weighted by atomic mass is 35.5. The smallest absolute Gasteiger partial charge is 0.220 e. The highest BCUT2D eigenvalue weighted by molar-refractivity contribution is 6.33. The van der Waals surface area contributed by atoms with Crippen molar-refractivity contribution in [1.29, 1.82) is 0 Å². The predicted octanol–water partition coefficient (Wildman–Crippen LogP) is 4.20. The third-order valence-corrected chi connectivity index (χ3v) is 4.15. The number of carbonyl (C=O) groups excluding carboxylic acids is 1. The van der Waals surface area contributed by atoms with Gasteiger partial charge in [0.05, 0.1) is 17.3 Å². The van der Waals surface area contributed by atoms with Crippen LogP contribution in [0.2, 0.25) is 5.02 Å². The average molecular weight is 356 g/mol. The summed E-state index contributed by atoms with van der Waals surface area (Å²) in [6, 6.07) is 11.1. The van der Waals surface area contributed by atoms with E-state index in [2.05, 4.69) is 15.3 Å². The van der Waals surface area contributed by atoms with Crippen LogP contribution in [0.5, 0.6) is 0 Å². The fourth-order valence-corrected chi connectivity index (χ4v) is 2.69. The number of pyridine rings is 1. The van der Waals surface area contributed by atoms with E-state index in [1.54, 1.807) is 24.7 Å². The van der Waals surface area contributed by atoms with E-state index in [0.717, 1.165) is 11.1 Å². The molecule has 3 rings (SSSR count). The molecular formula is C19H18ClN3O2. The Kier molecular flexibility index (Phi) is 5.46. The Balaban J connectivity index is 1.55. The number of benzene rings is 1. The SMILES string of the molecule is C[C@H](NC(=O)CCc1ncc(-c2ccccc2Cl)o1)c1cccnc1. The van der Waals surface area contributed by atoms with Crippen LogP contribution in [-0.2, 0) is 11.2 Å². The lowest BCUT2D eigenvalue weighted by Crippen LogP contribution is -2.26. The first-order valence-electron chi connectivity index (χ1n) is 8.02. The maximum atomic E-state index is 12.1. The van der Waals surface area contributed by atoms with E-state index in [0.29, 0.717) is 29.5 Å². The average Bonchev–Trinajstić information content (AvgIpc) is 3.10. The van der Waals surface area contributed by atoms with E-state index in [4.69, 9.17) is 16.0 Å². The van der Waals surface area contributed by atoms with Gasteiger partial charge in [-0.15, -0.1) is 0 Å². The van der Waals surface area contributed by atoms with Gasteiger partial charge in [0.25, 0.3) is 0 Å². The number of oxazole rings is 1. The zero-order chi connectivity index (χ0) is 17.6. The van der Waals surface area contributed by atoms with Crippen LogP contribution < -0.4 is 5.32 Å². The Hall–Kier alpha value is -2.66. The number of halogens is 1. The molecule has 0 radical (unpaired) electrons. The first-order valence-corrected chi connectivity index (χ1v) is 8.40. The number of aromatic nitrogens is 2. The molecule has 128 valence electrons. The minimum atomic E-state index is -0.0931. The molecule has 0 saturated carbocycles. The monoisotopic (exact) mass is 355 g/mol. The molecule has 0 unspecified atom stereocenters. The number of hydrogen-bond acceptors (Lipinski definition) is 4. The Morgan fingerprint density at radius 1 is 1.24 bits per heavy atom. The fraction of sp³-hybridized carbons (Fsp3) is 0.211. The van der Waals surface area contributed by atoms with Crippen molar-refractivity contribution in [2.75, 3.05) is 0 Å². The summed E-state index contributed by atoms with van der Waals surface area (Å²) >= 11 is 6.15. The van der Waals surface area contributed by atoms with Crippen molar-refractivity contribution in [3.63, 3.8) is 0 Å². The van der Waals surface area contributed by atoms with E-state index in [1.165, 1.54) is 0 Å². The lowest BCUT2D eigenvalue weighted by atomic mass is 10.1. The van der Waals surface area contributed by atoms with Crippen molar-refractivity contribution in [3.8, 4) is 11.3 Å². The number of nitrogens with one attached hydrogen (secondary N) is 1. The van der Waals surface area contributed by atoms with E-state index in [9.17, 15) is 4.79 Å².